The predicted octanol–water partition coefficient (Wildman–Crippen LogP) is 3.62. The first-order valence-electron chi connectivity index (χ1n) is 15.5. The molecule has 3 saturated heterocycles. The molecular weight excluding hydrogens is 558 g/mol. The summed E-state index contributed by atoms with van der Waals surface area (Å²) in [5.41, 5.74) is 0.351. The van der Waals surface area contributed by atoms with E-state index in [9.17, 15) is 19.5 Å². The highest BCUT2D eigenvalue weighted by Gasteiger charge is 2.75. The molecule has 2 aromatic rings. The second-order valence-corrected chi connectivity index (χ2v) is 11.8. The third-order valence-corrected chi connectivity index (χ3v) is 9.29. The van der Waals surface area contributed by atoms with Crippen molar-refractivity contribution in [2.24, 2.45) is 11.8 Å². The normalized spacial score (nSPS) is 25.8. The monoisotopic (exact) mass is 601 g/mol. The number of amides is 3. The number of ether oxygens (including phenoxy) is 2. The summed E-state index contributed by atoms with van der Waals surface area (Å²) in [6, 6.07) is 15.0. The highest BCUT2D eigenvalue weighted by Crippen LogP contribution is 2.59. The van der Waals surface area contributed by atoms with Crippen LogP contribution in [0.25, 0.3) is 0 Å². The Balaban J connectivity index is 1.60. The van der Waals surface area contributed by atoms with Crippen molar-refractivity contribution in [2.75, 3.05) is 38.3 Å². The molecule has 9 nitrogen and oxygen atoms in total. The van der Waals surface area contributed by atoms with Gasteiger partial charge in [-0.15, -0.1) is 13.2 Å². The average Bonchev–Trinajstić information content (AvgIpc) is 3.69. The fraction of sp³-hybridized carbons (Fsp3) is 0.457. The van der Waals surface area contributed by atoms with Gasteiger partial charge in [-0.25, -0.2) is 0 Å². The van der Waals surface area contributed by atoms with Crippen LogP contribution < -0.4 is 9.64 Å². The molecule has 3 fully saturated rings. The van der Waals surface area contributed by atoms with E-state index < -0.39 is 35.6 Å². The summed E-state index contributed by atoms with van der Waals surface area (Å²) in [6.07, 6.45) is 5.01. The van der Waals surface area contributed by atoms with Gasteiger partial charge in [0.2, 0.25) is 11.8 Å². The van der Waals surface area contributed by atoms with Crippen molar-refractivity contribution in [3.8, 4) is 5.75 Å². The molecule has 0 radical (unpaired) electrons. The zero-order chi connectivity index (χ0) is 31.4. The van der Waals surface area contributed by atoms with Crippen molar-refractivity contribution in [1.82, 2.24) is 9.80 Å². The Morgan fingerprint density at radius 3 is 2.43 bits per heavy atom. The van der Waals surface area contributed by atoms with Crippen molar-refractivity contribution in [3.05, 3.63) is 85.5 Å². The van der Waals surface area contributed by atoms with Crippen molar-refractivity contribution in [2.45, 2.75) is 56.4 Å². The van der Waals surface area contributed by atoms with Gasteiger partial charge in [-0.2, -0.15) is 0 Å². The van der Waals surface area contributed by atoms with Gasteiger partial charge in [0.1, 0.15) is 17.4 Å². The molecule has 0 saturated carbocycles. The van der Waals surface area contributed by atoms with Crippen LogP contribution in [0, 0.1) is 11.8 Å². The number of anilines is 1. The second kappa shape index (κ2) is 13.4. The van der Waals surface area contributed by atoms with Crippen LogP contribution in [-0.2, 0) is 25.5 Å². The van der Waals surface area contributed by atoms with Gasteiger partial charge in [0.05, 0.1) is 37.7 Å². The van der Waals surface area contributed by atoms with Crippen LogP contribution in [0.15, 0.2) is 79.9 Å². The van der Waals surface area contributed by atoms with E-state index in [-0.39, 0.29) is 30.9 Å². The average molecular weight is 602 g/mol. The lowest BCUT2D eigenvalue weighted by atomic mass is 9.70. The first-order valence-corrected chi connectivity index (χ1v) is 15.5. The summed E-state index contributed by atoms with van der Waals surface area (Å²) in [6.45, 7) is 10.5. The summed E-state index contributed by atoms with van der Waals surface area (Å²) in [7, 11) is 1.58. The third kappa shape index (κ3) is 5.43. The van der Waals surface area contributed by atoms with E-state index in [1.807, 2.05) is 37.3 Å². The predicted molar refractivity (Wildman–Crippen MR) is 168 cm³/mol. The fourth-order valence-electron chi connectivity index (χ4n) is 7.47. The van der Waals surface area contributed by atoms with Gasteiger partial charge in [0.15, 0.2) is 0 Å². The van der Waals surface area contributed by atoms with Crippen molar-refractivity contribution >= 4 is 23.4 Å². The molecule has 3 heterocycles. The fourth-order valence-corrected chi connectivity index (χ4v) is 7.47. The molecule has 1 N–H and O–H groups in total. The molecule has 5 rings (SSSR count). The minimum absolute atomic E-state index is 0.147. The largest absolute Gasteiger partial charge is 0.497 e. The standard InChI is InChI=1S/C35H43N3O6/c1-5-19-36(20-6-2)32(40)29-28-17-18-35(44-28)30(29)33(41)38(26(23-39)22-24-11-9-8-10-12-24)31(35)34(42)37(21-7-3)25-13-15-27(43-4)16-14-25/h5,7-16,26,28-31,39H,1,3,6,17-23H2,2,4H3/t26-,28+,29-,30+,31?,35?/m1/s1. The van der Waals surface area contributed by atoms with Gasteiger partial charge in [-0.05, 0) is 55.5 Å². The quantitative estimate of drug-likeness (QED) is 0.332. The van der Waals surface area contributed by atoms with E-state index in [4.69, 9.17) is 9.47 Å². The van der Waals surface area contributed by atoms with E-state index >= 15 is 0 Å². The molecule has 9 heteroatoms. The number of hydrogen-bond donors (Lipinski definition) is 1. The minimum atomic E-state index is -1.19. The summed E-state index contributed by atoms with van der Waals surface area (Å²) in [5.74, 6) is -1.70. The van der Waals surface area contributed by atoms with E-state index in [2.05, 4.69) is 13.2 Å². The maximum Gasteiger partial charge on any atom is 0.253 e. The van der Waals surface area contributed by atoms with Crippen LogP contribution in [0.1, 0.15) is 31.7 Å². The molecule has 2 unspecified atom stereocenters. The maximum absolute atomic E-state index is 14.8. The Hall–Kier alpha value is -3.95. The molecule has 2 bridgehead atoms. The van der Waals surface area contributed by atoms with Crippen LogP contribution in [0.2, 0.25) is 0 Å². The minimum Gasteiger partial charge on any atom is -0.497 e. The summed E-state index contributed by atoms with van der Waals surface area (Å²) < 4.78 is 12.0. The van der Waals surface area contributed by atoms with Gasteiger partial charge in [0.25, 0.3) is 5.91 Å². The number of aliphatic hydroxyl groups is 1. The molecule has 2 aromatic carbocycles. The number of carbonyl (C=O) groups excluding carboxylic acids is 3. The zero-order valence-electron chi connectivity index (χ0n) is 25.6. The van der Waals surface area contributed by atoms with E-state index in [0.717, 1.165) is 12.0 Å². The number of aliphatic hydroxyl groups excluding tert-OH is 1. The molecule has 6 atom stereocenters. The van der Waals surface area contributed by atoms with Crippen molar-refractivity contribution in [3.63, 3.8) is 0 Å². The van der Waals surface area contributed by atoms with E-state index in [1.54, 1.807) is 58.2 Å². The SMILES string of the molecule is C=CCN(CCC)C(=O)[C@@H]1[C@@H]2CCC3(O2)C(C(=O)N(CC=C)c2ccc(OC)cc2)N([C@@H](CO)Cc2ccccc2)C(=O)[C@H]13. The van der Waals surface area contributed by atoms with Crippen LogP contribution in [-0.4, -0.2) is 89.8 Å². The van der Waals surface area contributed by atoms with Gasteiger partial charge in [-0.1, -0.05) is 49.4 Å². The number of nitrogens with zero attached hydrogens (tertiary/aromatic N) is 3. The van der Waals surface area contributed by atoms with Crippen LogP contribution in [0.3, 0.4) is 0 Å². The molecular formula is C35H43N3O6. The number of hydrogen-bond acceptors (Lipinski definition) is 6. The van der Waals surface area contributed by atoms with Gasteiger partial charge < -0.3 is 29.3 Å². The molecule has 0 aliphatic carbocycles. The maximum atomic E-state index is 14.8. The third-order valence-electron chi connectivity index (χ3n) is 9.29. The van der Waals surface area contributed by atoms with Gasteiger partial charge in [0, 0.05) is 25.3 Å². The summed E-state index contributed by atoms with van der Waals surface area (Å²) in [5, 5.41) is 10.7. The highest BCUT2D eigenvalue weighted by atomic mass is 16.5. The van der Waals surface area contributed by atoms with Crippen LogP contribution in [0.5, 0.6) is 5.75 Å². The number of likely N-dealkylation sites (tertiary alicyclic amines) is 1. The Morgan fingerprint density at radius 1 is 1.11 bits per heavy atom. The number of rotatable bonds is 14. The first-order chi connectivity index (χ1) is 21.3. The van der Waals surface area contributed by atoms with Crippen molar-refractivity contribution in [1.29, 1.82) is 0 Å². The number of benzene rings is 2. The van der Waals surface area contributed by atoms with Gasteiger partial charge >= 0.3 is 0 Å². The number of methoxy groups -OCH3 is 1. The first kappa shape index (κ1) is 31.5. The van der Waals surface area contributed by atoms with E-state index in [0.29, 0.717) is 43.8 Å². The Bertz CT molecular complexity index is 1360. The lowest BCUT2D eigenvalue weighted by Crippen LogP contribution is -2.59. The molecule has 44 heavy (non-hydrogen) atoms. The topological polar surface area (TPSA) is 99.6 Å². The molecule has 3 amide bonds. The smallest absolute Gasteiger partial charge is 0.253 e. The summed E-state index contributed by atoms with van der Waals surface area (Å²) >= 11 is 0. The van der Waals surface area contributed by atoms with Gasteiger partial charge in [-0.3, -0.25) is 14.4 Å². The molecule has 1 spiro atoms. The zero-order valence-corrected chi connectivity index (χ0v) is 25.6. The number of carbonyl (C=O) groups is 3. The molecule has 3 aliphatic rings. The lowest BCUT2D eigenvalue weighted by molar-refractivity contribution is -0.147. The van der Waals surface area contributed by atoms with Crippen molar-refractivity contribution < 1.29 is 29.0 Å². The molecule has 3 aliphatic heterocycles. The van der Waals surface area contributed by atoms with Crippen LogP contribution >= 0.6 is 0 Å². The summed E-state index contributed by atoms with van der Waals surface area (Å²) in [4.78, 5) is 48.5. The Kier molecular flexibility index (Phi) is 9.56. The Morgan fingerprint density at radius 2 is 1.82 bits per heavy atom. The molecule has 234 valence electrons. The Labute approximate surface area is 259 Å². The van der Waals surface area contributed by atoms with Crippen LogP contribution in [0.4, 0.5) is 5.69 Å². The second-order valence-electron chi connectivity index (χ2n) is 11.8. The highest BCUT2D eigenvalue weighted by molar-refractivity contribution is 6.05. The number of fused-ring (bicyclic) bond motifs is 1. The lowest BCUT2D eigenvalue weighted by Gasteiger charge is -2.39. The van der Waals surface area contributed by atoms with E-state index in [1.165, 1.54) is 0 Å². The molecule has 0 aromatic heterocycles.